The zero-order valence-corrected chi connectivity index (χ0v) is 11.6. The van der Waals surface area contributed by atoms with Gasteiger partial charge in [-0.1, -0.05) is 17.7 Å². The number of halogens is 1. The van der Waals surface area contributed by atoms with Gasteiger partial charge in [0.1, 0.15) is 5.75 Å². The summed E-state index contributed by atoms with van der Waals surface area (Å²) < 4.78 is 5.13. The highest BCUT2D eigenvalue weighted by Gasteiger charge is 2.13. The molecule has 2 N–H and O–H groups in total. The molecule has 0 amide bonds. The molecule has 0 radical (unpaired) electrons. The zero-order chi connectivity index (χ0) is 12.8. The van der Waals surface area contributed by atoms with Gasteiger partial charge < -0.3 is 15.4 Å². The summed E-state index contributed by atoms with van der Waals surface area (Å²) in [6.45, 7) is 4.29. The first-order valence-corrected chi connectivity index (χ1v) is 6.91. The van der Waals surface area contributed by atoms with E-state index in [2.05, 4.69) is 16.7 Å². The van der Waals surface area contributed by atoms with Gasteiger partial charge in [0.25, 0.3) is 0 Å². The van der Waals surface area contributed by atoms with Crippen LogP contribution in [0.4, 0.5) is 0 Å². The molecule has 1 heterocycles. The van der Waals surface area contributed by atoms with E-state index < -0.39 is 0 Å². The van der Waals surface area contributed by atoms with Crippen LogP contribution in [-0.4, -0.2) is 26.7 Å². The van der Waals surface area contributed by atoms with Crippen LogP contribution in [0.3, 0.4) is 0 Å². The number of methoxy groups -OCH3 is 1. The van der Waals surface area contributed by atoms with Crippen LogP contribution in [0.2, 0.25) is 5.02 Å². The maximum absolute atomic E-state index is 6.08. The number of hydrogen-bond donors (Lipinski definition) is 2. The van der Waals surface area contributed by atoms with Crippen molar-refractivity contribution >= 4 is 11.6 Å². The molecule has 4 heteroatoms. The second-order valence-corrected chi connectivity index (χ2v) is 5.20. The van der Waals surface area contributed by atoms with Crippen molar-refractivity contribution in [2.45, 2.75) is 19.4 Å². The molecule has 1 aliphatic rings. The first-order chi connectivity index (χ1) is 8.79. The van der Waals surface area contributed by atoms with Crippen molar-refractivity contribution < 1.29 is 4.74 Å². The third-order valence-corrected chi connectivity index (χ3v) is 3.73. The number of hydrogen-bond acceptors (Lipinski definition) is 3. The summed E-state index contributed by atoms with van der Waals surface area (Å²) in [6.07, 6.45) is 2.56. The van der Waals surface area contributed by atoms with Crippen LogP contribution < -0.4 is 15.4 Å². The average Bonchev–Trinajstić information content (AvgIpc) is 2.88. The first-order valence-electron chi connectivity index (χ1n) is 6.53. The van der Waals surface area contributed by atoms with Gasteiger partial charge in [0.2, 0.25) is 0 Å². The van der Waals surface area contributed by atoms with Gasteiger partial charge in [-0.3, -0.25) is 0 Å². The van der Waals surface area contributed by atoms with E-state index in [0.717, 1.165) is 24.8 Å². The first kappa shape index (κ1) is 13.7. The van der Waals surface area contributed by atoms with Crippen LogP contribution in [0, 0.1) is 5.92 Å². The molecule has 18 heavy (non-hydrogen) atoms. The molecular formula is C14H21ClN2O. The summed E-state index contributed by atoms with van der Waals surface area (Å²) in [7, 11) is 1.63. The molecule has 2 rings (SSSR count). The maximum Gasteiger partial charge on any atom is 0.137 e. The highest BCUT2D eigenvalue weighted by atomic mass is 35.5. The SMILES string of the molecule is COc1ccc(CNCCC2CCNC2)cc1Cl. The summed E-state index contributed by atoms with van der Waals surface area (Å²) in [5, 5.41) is 7.54. The van der Waals surface area contributed by atoms with E-state index in [4.69, 9.17) is 16.3 Å². The van der Waals surface area contributed by atoms with Gasteiger partial charge >= 0.3 is 0 Å². The van der Waals surface area contributed by atoms with Crippen molar-refractivity contribution in [3.05, 3.63) is 28.8 Å². The summed E-state index contributed by atoms with van der Waals surface area (Å²) in [4.78, 5) is 0. The molecule has 0 aromatic heterocycles. The Morgan fingerprint density at radius 2 is 2.39 bits per heavy atom. The van der Waals surface area contributed by atoms with Crippen LogP contribution >= 0.6 is 11.6 Å². The summed E-state index contributed by atoms with van der Waals surface area (Å²) in [6, 6.07) is 5.93. The lowest BCUT2D eigenvalue weighted by molar-refractivity contribution is 0.415. The molecule has 1 fully saturated rings. The molecule has 0 aliphatic carbocycles. The topological polar surface area (TPSA) is 33.3 Å². The van der Waals surface area contributed by atoms with E-state index in [9.17, 15) is 0 Å². The van der Waals surface area contributed by atoms with Gasteiger partial charge in [-0.05, 0) is 56.1 Å². The highest BCUT2D eigenvalue weighted by Crippen LogP contribution is 2.24. The number of nitrogens with one attached hydrogen (secondary N) is 2. The monoisotopic (exact) mass is 268 g/mol. The summed E-state index contributed by atoms with van der Waals surface area (Å²) in [5.74, 6) is 1.58. The molecule has 1 unspecified atom stereocenters. The van der Waals surface area contributed by atoms with Crippen molar-refractivity contribution in [1.82, 2.24) is 10.6 Å². The van der Waals surface area contributed by atoms with E-state index in [1.807, 2.05) is 12.1 Å². The fourth-order valence-electron chi connectivity index (χ4n) is 2.32. The lowest BCUT2D eigenvalue weighted by Gasteiger charge is -2.10. The van der Waals surface area contributed by atoms with E-state index in [1.165, 1.54) is 31.5 Å². The lowest BCUT2D eigenvalue weighted by Crippen LogP contribution is -2.19. The molecule has 0 saturated carbocycles. The molecule has 1 aliphatic heterocycles. The van der Waals surface area contributed by atoms with E-state index in [1.54, 1.807) is 7.11 Å². The van der Waals surface area contributed by atoms with E-state index in [-0.39, 0.29) is 0 Å². The Morgan fingerprint density at radius 3 is 3.06 bits per heavy atom. The maximum atomic E-state index is 6.08. The fraction of sp³-hybridized carbons (Fsp3) is 0.571. The van der Waals surface area contributed by atoms with Crippen molar-refractivity contribution in [1.29, 1.82) is 0 Å². The predicted octanol–water partition coefficient (Wildman–Crippen LogP) is 2.44. The average molecular weight is 269 g/mol. The van der Waals surface area contributed by atoms with Gasteiger partial charge in [-0.15, -0.1) is 0 Å². The van der Waals surface area contributed by atoms with Crippen LogP contribution in [0.15, 0.2) is 18.2 Å². The summed E-state index contributed by atoms with van der Waals surface area (Å²) >= 11 is 6.08. The van der Waals surface area contributed by atoms with E-state index >= 15 is 0 Å². The minimum absolute atomic E-state index is 0.678. The third kappa shape index (κ3) is 3.87. The smallest absolute Gasteiger partial charge is 0.137 e. The van der Waals surface area contributed by atoms with Gasteiger partial charge in [0.05, 0.1) is 12.1 Å². The second-order valence-electron chi connectivity index (χ2n) is 4.79. The predicted molar refractivity (Wildman–Crippen MR) is 75.3 cm³/mol. The minimum atomic E-state index is 0.678. The van der Waals surface area contributed by atoms with Crippen molar-refractivity contribution in [3.63, 3.8) is 0 Å². The van der Waals surface area contributed by atoms with Crippen LogP contribution in [0.25, 0.3) is 0 Å². The Hall–Kier alpha value is -0.770. The molecule has 1 aromatic carbocycles. The van der Waals surface area contributed by atoms with Crippen molar-refractivity contribution in [3.8, 4) is 5.75 Å². The van der Waals surface area contributed by atoms with Gasteiger partial charge in [0.15, 0.2) is 0 Å². The van der Waals surface area contributed by atoms with Gasteiger partial charge in [-0.25, -0.2) is 0 Å². The Bertz CT molecular complexity index is 378. The summed E-state index contributed by atoms with van der Waals surface area (Å²) in [5.41, 5.74) is 1.20. The second kappa shape index (κ2) is 6.98. The lowest BCUT2D eigenvalue weighted by atomic mass is 10.1. The Labute approximate surface area is 114 Å². The van der Waals surface area contributed by atoms with Crippen molar-refractivity contribution in [2.24, 2.45) is 5.92 Å². The largest absolute Gasteiger partial charge is 0.495 e. The third-order valence-electron chi connectivity index (χ3n) is 3.44. The minimum Gasteiger partial charge on any atom is -0.495 e. The Morgan fingerprint density at radius 1 is 1.50 bits per heavy atom. The van der Waals surface area contributed by atoms with Crippen LogP contribution in [-0.2, 0) is 6.54 Å². The quantitative estimate of drug-likeness (QED) is 0.778. The fourth-order valence-corrected chi connectivity index (χ4v) is 2.60. The molecule has 0 bridgehead atoms. The number of rotatable bonds is 6. The Kier molecular flexibility index (Phi) is 5.29. The molecule has 100 valence electrons. The van der Waals surface area contributed by atoms with Crippen molar-refractivity contribution in [2.75, 3.05) is 26.7 Å². The Balaban J connectivity index is 1.71. The zero-order valence-electron chi connectivity index (χ0n) is 10.8. The number of benzene rings is 1. The molecule has 1 saturated heterocycles. The highest BCUT2D eigenvalue weighted by molar-refractivity contribution is 6.32. The van der Waals surface area contributed by atoms with Gasteiger partial charge in [0, 0.05) is 6.54 Å². The standard InChI is InChI=1S/C14H21ClN2O/c1-18-14-3-2-12(8-13(14)15)10-17-7-5-11-4-6-16-9-11/h2-3,8,11,16-17H,4-7,9-10H2,1H3. The molecule has 1 aromatic rings. The molecule has 1 atom stereocenters. The van der Waals surface area contributed by atoms with Gasteiger partial charge in [-0.2, -0.15) is 0 Å². The molecular weight excluding hydrogens is 248 g/mol. The van der Waals surface area contributed by atoms with Crippen LogP contribution in [0.5, 0.6) is 5.75 Å². The molecule has 3 nitrogen and oxygen atoms in total. The molecule has 0 spiro atoms. The normalized spacial score (nSPS) is 19.1. The van der Waals surface area contributed by atoms with E-state index in [0.29, 0.717) is 5.02 Å². The van der Waals surface area contributed by atoms with Crippen LogP contribution in [0.1, 0.15) is 18.4 Å². The number of ether oxygens (including phenoxy) is 1.